The van der Waals surface area contributed by atoms with Crippen molar-refractivity contribution in [2.24, 2.45) is 0 Å². The molecule has 2 aromatic heterocycles. The maximum Gasteiger partial charge on any atom is 0.255 e. The molecule has 0 unspecified atom stereocenters. The average Bonchev–Trinajstić information content (AvgIpc) is 3.02. The summed E-state index contributed by atoms with van der Waals surface area (Å²) < 4.78 is 2.96. The summed E-state index contributed by atoms with van der Waals surface area (Å²) in [7, 11) is 0. The number of halogens is 1. The van der Waals surface area contributed by atoms with Crippen molar-refractivity contribution in [3.63, 3.8) is 0 Å². The smallest absolute Gasteiger partial charge is 0.255 e. The van der Waals surface area contributed by atoms with Crippen LogP contribution in [0.5, 0.6) is 0 Å². The first-order valence-electron chi connectivity index (χ1n) is 9.49. The van der Waals surface area contributed by atoms with Crippen LogP contribution in [0.4, 0.5) is 0 Å². The van der Waals surface area contributed by atoms with E-state index in [1.807, 2.05) is 41.3 Å². The number of imidazole rings is 1. The SMILES string of the molecule is CCCCN(Cc1nc2cccnc2n1CCC)C(=O)c1ccccc1Br. The van der Waals surface area contributed by atoms with E-state index in [1.54, 1.807) is 6.20 Å². The second-order valence-corrected chi connectivity index (χ2v) is 7.44. The van der Waals surface area contributed by atoms with E-state index in [0.717, 1.165) is 47.3 Å². The molecule has 27 heavy (non-hydrogen) atoms. The van der Waals surface area contributed by atoms with E-state index in [4.69, 9.17) is 4.98 Å². The van der Waals surface area contributed by atoms with Gasteiger partial charge in [0.15, 0.2) is 5.65 Å². The number of rotatable bonds is 8. The van der Waals surface area contributed by atoms with Crippen LogP contribution < -0.4 is 0 Å². The first kappa shape index (κ1) is 19.5. The van der Waals surface area contributed by atoms with Crippen LogP contribution in [0.15, 0.2) is 47.1 Å². The molecule has 3 rings (SSSR count). The number of hydrogen-bond acceptors (Lipinski definition) is 3. The number of hydrogen-bond donors (Lipinski definition) is 0. The molecule has 6 heteroatoms. The van der Waals surface area contributed by atoms with Crippen molar-refractivity contribution in [3.8, 4) is 0 Å². The Kier molecular flexibility index (Phi) is 6.61. The van der Waals surface area contributed by atoms with Gasteiger partial charge < -0.3 is 9.47 Å². The van der Waals surface area contributed by atoms with Gasteiger partial charge in [-0.3, -0.25) is 4.79 Å². The zero-order valence-electron chi connectivity index (χ0n) is 15.9. The summed E-state index contributed by atoms with van der Waals surface area (Å²) >= 11 is 3.51. The Morgan fingerprint density at radius 3 is 2.70 bits per heavy atom. The molecule has 0 spiro atoms. The van der Waals surface area contributed by atoms with Crippen LogP contribution in [0.3, 0.4) is 0 Å². The highest BCUT2D eigenvalue weighted by Crippen LogP contribution is 2.21. The number of nitrogens with zero attached hydrogens (tertiary/aromatic N) is 4. The second-order valence-electron chi connectivity index (χ2n) is 6.59. The fraction of sp³-hybridized carbons (Fsp3) is 0.381. The zero-order valence-corrected chi connectivity index (χ0v) is 17.4. The minimum Gasteiger partial charge on any atom is -0.331 e. The molecule has 0 aliphatic rings. The Balaban J connectivity index is 1.95. The number of benzene rings is 1. The lowest BCUT2D eigenvalue weighted by Crippen LogP contribution is -2.33. The highest BCUT2D eigenvalue weighted by molar-refractivity contribution is 9.10. The van der Waals surface area contributed by atoms with Gasteiger partial charge in [0.2, 0.25) is 0 Å². The molecule has 0 aliphatic heterocycles. The van der Waals surface area contributed by atoms with E-state index in [-0.39, 0.29) is 5.91 Å². The van der Waals surface area contributed by atoms with Crippen LogP contribution in [0.25, 0.3) is 11.2 Å². The Morgan fingerprint density at radius 1 is 1.15 bits per heavy atom. The van der Waals surface area contributed by atoms with Gasteiger partial charge in [0.1, 0.15) is 11.3 Å². The van der Waals surface area contributed by atoms with Crippen molar-refractivity contribution >= 4 is 33.0 Å². The Morgan fingerprint density at radius 2 is 1.96 bits per heavy atom. The number of amides is 1. The lowest BCUT2D eigenvalue weighted by atomic mass is 10.2. The quantitative estimate of drug-likeness (QED) is 0.504. The van der Waals surface area contributed by atoms with Gasteiger partial charge in [-0.25, -0.2) is 9.97 Å². The van der Waals surface area contributed by atoms with Crippen LogP contribution in [0.2, 0.25) is 0 Å². The van der Waals surface area contributed by atoms with E-state index in [2.05, 4.69) is 39.3 Å². The predicted molar refractivity (Wildman–Crippen MR) is 112 cm³/mol. The molecule has 0 fully saturated rings. The average molecular weight is 429 g/mol. The Bertz CT molecular complexity index is 921. The number of carbonyl (C=O) groups excluding carboxylic acids is 1. The van der Waals surface area contributed by atoms with Gasteiger partial charge in [-0.15, -0.1) is 0 Å². The molecule has 142 valence electrons. The summed E-state index contributed by atoms with van der Waals surface area (Å²) in [5, 5.41) is 0. The van der Waals surface area contributed by atoms with Gasteiger partial charge in [-0.05, 0) is 53.0 Å². The van der Waals surface area contributed by atoms with E-state index in [9.17, 15) is 4.79 Å². The summed E-state index contributed by atoms with van der Waals surface area (Å²) in [6.45, 7) is 6.31. The Labute approximate surface area is 168 Å². The molecule has 0 radical (unpaired) electrons. The molecular formula is C21H25BrN4O. The zero-order chi connectivity index (χ0) is 19.2. The molecule has 1 amide bonds. The molecule has 2 heterocycles. The third kappa shape index (κ3) is 4.38. The van der Waals surface area contributed by atoms with Crippen LogP contribution in [-0.4, -0.2) is 31.9 Å². The van der Waals surface area contributed by atoms with Crippen LogP contribution in [0, 0.1) is 0 Å². The van der Waals surface area contributed by atoms with E-state index in [1.165, 1.54) is 0 Å². The van der Waals surface area contributed by atoms with Crippen molar-refractivity contribution in [2.45, 2.75) is 46.2 Å². The first-order valence-corrected chi connectivity index (χ1v) is 10.3. The third-order valence-corrected chi connectivity index (χ3v) is 5.23. The Hall–Kier alpha value is -2.21. The van der Waals surface area contributed by atoms with Gasteiger partial charge >= 0.3 is 0 Å². The second kappa shape index (κ2) is 9.13. The number of pyridine rings is 1. The fourth-order valence-corrected chi connectivity index (χ4v) is 3.62. The van der Waals surface area contributed by atoms with Gasteiger partial charge in [0.05, 0.1) is 12.1 Å². The molecule has 0 aliphatic carbocycles. The first-order chi connectivity index (χ1) is 13.2. The molecule has 0 saturated carbocycles. The van der Waals surface area contributed by atoms with Crippen molar-refractivity contribution in [3.05, 3.63) is 58.5 Å². The molecular weight excluding hydrogens is 404 g/mol. The topological polar surface area (TPSA) is 51.0 Å². The number of aromatic nitrogens is 3. The molecule has 0 atom stereocenters. The van der Waals surface area contributed by atoms with Gasteiger partial charge in [-0.1, -0.05) is 32.4 Å². The van der Waals surface area contributed by atoms with E-state index < -0.39 is 0 Å². The molecule has 3 aromatic rings. The predicted octanol–water partition coefficient (Wildman–Crippen LogP) is 5.05. The monoisotopic (exact) mass is 428 g/mol. The van der Waals surface area contributed by atoms with Crippen molar-refractivity contribution in [2.75, 3.05) is 6.54 Å². The highest BCUT2D eigenvalue weighted by atomic mass is 79.9. The van der Waals surface area contributed by atoms with Gasteiger partial charge in [0.25, 0.3) is 5.91 Å². The van der Waals surface area contributed by atoms with Crippen LogP contribution in [0.1, 0.15) is 49.3 Å². The summed E-state index contributed by atoms with van der Waals surface area (Å²) in [6, 6.07) is 11.5. The number of carbonyl (C=O) groups is 1. The summed E-state index contributed by atoms with van der Waals surface area (Å²) in [5.74, 6) is 0.918. The summed E-state index contributed by atoms with van der Waals surface area (Å²) in [6.07, 6.45) is 4.78. The molecule has 5 nitrogen and oxygen atoms in total. The minimum absolute atomic E-state index is 0.0268. The number of unbranched alkanes of at least 4 members (excludes halogenated alkanes) is 1. The van der Waals surface area contributed by atoms with E-state index in [0.29, 0.717) is 18.7 Å². The highest BCUT2D eigenvalue weighted by Gasteiger charge is 2.21. The fourth-order valence-electron chi connectivity index (χ4n) is 3.16. The lowest BCUT2D eigenvalue weighted by Gasteiger charge is -2.23. The maximum absolute atomic E-state index is 13.2. The summed E-state index contributed by atoms with van der Waals surface area (Å²) in [4.78, 5) is 24.4. The van der Waals surface area contributed by atoms with Crippen molar-refractivity contribution in [1.29, 1.82) is 0 Å². The van der Waals surface area contributed by atoms with Crippen molar-refractivity contribution < 1.29 is 4.79 Å². The third-order valence-electron chi connectivity index (χ3n) is 4.54. The van der Waals surface area contributed by atoms with Crippen molar-refractivity contribution in [1.82, 2.24) is 19.4 Å². The lowest BCUT2D eigenvalue weighted by molar-refractivity contribution is 0.0734. The number of fused-ring (bicyclic) bond motifs is 1. The molecule has 1 aromatic carbocycles. The normalized spacial score (nSPS) is 11.1. The minimum atomic E-state index is 0.0268. The standard InChI is InChI=1S/C21H25BrN4O/c1-3-5-14-25(21(27)16-9-6-7-10-17(16)22)15-19-24-18-11-8-12-23-20(18)26(19)13-4-2/h6-12H,3-5,13-15H2,1-2H3. The molecule has 0 bridgehead atoms. The molecule has 0 N–H and O–H groups in total. The summed E-state index contributed by atoms with van der Waals surface area (Å²) in [5.41, 5.74) is 2.45. The number of aryl methyl sites for hydroxylation is 1. The van der Waals surface area contributed by atoms with E-state index >= 15 is 0 Å². The largest absolute Gasteiger partial charge is 0.331 e. The van der Waals surface area contributed by atoms with Crippen LogP contribution in [-0.2, 0) is 13.1 Å². The molecule has 0 saturated heterocycles. The van der Waals surface area contributed by atoms with Gasteiger partial charge in [0, 0.05) is 23.8 Å². The maximum atomic E-state index is 13.2. The van der Waals surface area contributed by atoms with Gasteiger partial charge in [-0.2, -0.15) is 0 Å². The van der Waals surface area contributed by atoms with Crippen LogP contribution >= 0.6 is 15.9 Å².